The number of hydrogen-bond donors (Lipinski definition) is 0. The fraction of sp³-hybridized carbons (Fsp3) is 0.625. The van der Waals surface area contributed by atoms with Crippen molar-refractivity contribution in [1.82, 2.24) is 0 Å². The Hall–Kier alpha value is -1.83. The van der Waals surface area contributed by atoms with Crippen LogP contribution in [0.5, 0.6) is 0 Å². The van der Waals surface area contributed by atoms with Crippen molar-refractivity contribution in [1.29, 1.82) is 0 Å². The second kappa shape index (κ2) is 9.11. The van der Waals surface area contributed by atoms with Gasteiger partial charge in [0.2, 0.25) is 0 Å². The summed E-state index contributed by atoms with van der Waals surface area (Å²) in [6.07, 6.45) is 4.58. The van der Waals surface area contributed by atoms with E-state index in [0.29, 0.717) is 0 Å². The number of benzene rings is 1. The van der Waals surface area contributed by atoms with Gasteiger partial charge in [-0.05, 0) is 46.6 Å². The Morgan fingerprint density at radius 2 is 1.82 bits per heavy atom. The molecule has 0 amide bonds. The standard InChI is InChI=1S/C24H34O4/c1-7-8-9-10-11-15-18-24(21(25)27-22(2,3)4)20(26-23(5,6)28-24)19-16-13-12-14-17-19/h12-14,16-17,20H,7-11H2,1-6H3/t20-,24+/m1/s1. The molecule has 1 saturated heterocycles. The van der Waals surface area contributed by atoms with E-state index >= 15 is 0 Å². The fourth-order valence-corrected chi connectivity index (χ4v) is 3.24. The predicted octanol–water partition coefficient (Wildman–Crippen LogP) is 5.56. The third kappa shape index (κ3) is 5.83. The smallest absolute Gasteiger partial charge is 0.355 e. The third-order valence-corrected chi connectivity index (χ3v) is 4.41. The zero-order valence-electron chi connectivity index (χ0n) is 18.1. The zero-order chi connectivity index (χ0) is 20.8. The van der Waals surface area contributed by atoms with Gasteiger partial charge in [-0.2, -0.15) is 0 Å². The first kappa shape index (κ1) is 22.5. The average molecular weight is 387 g/mol. The van der Waals surface area contributed by atoms with Crippen LogP contribution in [0.3, 0.4) is 0 Å². The van der Waals surface area contributed by atoms with Crippen molar-refractivity contribution in [3.63, 3.8) is 0 Å². The van der Waals surface area contributed by atoms with Crippen LogP contribution in [0.25, 0.3) is 0 Å². The van der Waals surface area contributed by atoms with Crippen LogP contribution in [-0.4, -0.2) is 23.0 Å². The molecule has 1 aliphatic rings. The number of rotatable bonds is 6. The van der Waals surface area contributed by atoms with E-state index in [1.54, 1.807) is 13.8 Å². The second-order valence-electron chi connectivity index (χ2n) is 8.76. The lowest BCUT2D eigenvalue weighted by Gasteiger charge is -2.30. The lowest BCUT2D eigenvalue weighted by atomic mass is 9.91. The topological polar surface area (TPSA) is 44.8 Å². The van der Waals surface area contributed by atoms with Crippen molar-refractivity contribution in [2.45, 2.75) is 96.7 Å². The molecule has 0 bridgehead atoms. The van der Waals surface area contributed by atoms with Gasteiger partial charge in [-0.1, -0.05) is 68.4 Å². The maximum atomic E-state index is 13.3. The highest BCUT2D eigenvalue weighted by Gasteiger charge is 2.60. The Morgan fingerprint density at radius 3 is 2.43 bits per heavy atom. The summed E-state index contributed by atoms with van der Waals surface area (Å²) in [5.41, 5.74) is -1.29. The highest BCUT2D eigenvalue weighted by Crippen LogP contribution is 2.46. The normalized spacial score (nSPS) is 23.7. The summed E-state index contributed by atoms with van der Waals surface area (Å²) >= 11 is 0. The second-order valence-corrected chi connectivity index (χ2v) is 8.76. The Kier molecular flexibility index (Phi) is 7.31. The minimum Gasteiger partial charge on any atom is -0.457 e. The van der Waals surface area contributed by atoms with Crippen LogP contribution in [0.15, 0.2) is 30.3 Å². The summed E-state index contributed by atoms with van der Waals surface area (Å²) in [6, 6.07) is 9.62. The lowest BCUT2D eigenvalue weighted by Crippen LogP contribution is -2.47. The molecule has 1 aromatic carbocycles. The van der Waals surface area contributed by atoms with E-state index in [4.69, 9.17) is 14.2 Å². The molecule has 0 saturated carbocycles. The van der Waals surface area contributed by atoms with E-state index in [-0.39, 0.29) is 0 Å². The Labute approximate surface area is 169 Å². The lowest BCUT2D eigenvalue weighted by molar-refractivity contribution is -0.188. The molecule has 4 heteroatoms. The summed E-state index contributed by atoms with van der Waals surface area (Å²) in [4.78, 5) is 13.3. The van der Waals surface area contributed by atoms with Crippen LogP contribution in [0.1, 0.15) is 85.3 Å². The summed E-state index contributed by atoms with van der Waals surface area (Å²) in [6.45, 7) is 11.3. The highest BCUT2D eigenvalue weighted by molar-refractivity contribution is 5.86. The van der Waals surface area contributed by atoms with E-state index in [0.717, 1.165) is 24.8 Å². The van der Waals surface area contributed by atoms with Crippen LogP contribution >= 0.6 is 0 Å². The monoisotopic (exact) mass is 386 g/mol. The molecule has 0 aliphatic carbocycles. The van der Waals surface area contributed by atoms with Crippen LogP contribution in [0, 0.1) is 11.8 Å². The largest absolute Gasteiger partial charge is 0.457 e. The number of carbonyl (C=O) groups excluding carboxylic acids is 1. The molecule has 0 spiro atoms. The van der Waals surface area contributed by atoms with Gasteiger partial charge < -0.3 is 14.2 Å². The first-order valence-corrected chi connectivity index (χ1v) is 10.3. The molecule has 2 rings (SSSR count). The van der Waals surface area contributed by atoms with Gasteiger partial charge in [0.05, 0.1) is 0 Å². The number of hydrogen-bond acceptors (Lipinski definition) is 4. The Balaban J connectivity index is 2.40. The molecule has 4 nitrogen and oxygen atoms in total. The summed E-state index contributed by atoms with van der Waals surface area (Å²) in [5, 5.41) is 0. The molecule has 28 heavy (non-hydrogen) atoms. The Bertz CT molecular complexity index is 706. The van der Waals surface area contributed by atoms with Crippen molar-refractivity contribution in [3.05, 3.63) is 35.9 Å². The predicted molar refractivity (Wildman–Crippen MR) is 111 cm³/mol. The molecule has 1 heterocycles. The van der Waals surface area contributed by atoms with Gasteiger partial charge in [0.25, 0.3) is 5.60 Å². The van der Waals surface area contributed by atoms with Crippen molar-refractivity contribution < 1.29 is 19.0 Å². The molecule has 0 unspecified atom stereocenters. The van der Waals surface area contributed by atoms with E-state index < -0.39 is 29.1 Å². The van der Waals surface area contributed by atoms with Gasteiger partial charge >= 0.3 is 5.97 Å². The van der Waals surface area contributed by atoms with Crippen molar-refractivity contribution in [2.24, 2.45) is 0 Å². The van der Waals surface area contributed by atoms with Gasteiger partial charge in [-0.15, -0.1) is 0 Å². The summed E-state index contributed by atoms with van der Waals surface area (Å²) < 4.78 is 18.0. The maximum Gasteiger partial charge on any atom is 0.355 e. The summed E-state index contributed by atoms with van der Waals surface area (Å²) in [5.74, 6) is 4.85. The van der Waals surface area contributed by atoms with Gasteiger partial charge in [0, 0.05) is 6.42 Å². The molecule has 0 N–H and O–H groups in total. The number of unbranched alkanes of at least 4 members (excludes halogenated alkanes) is 4. The van der Waals surface area contributed by atoms with Crippen LogP contribution in [0.4, 0.5) is 0 Å². The van der Waals surface area contributed by atoms with E-state index in [9.17, 15) is 4.79 Å². The zero-order valence-corrected chi connectivity index (χ0v) is 18.1. The first-order chi connectivity index (χ1) is 13.1. The van der Waals surface area contributed by atoms with E-state index in [1.807, 2.05) is 51.1 Å². The molecule has 2 atom stereocenters. The fourth-order valence-electron chi connectivity index (χ4n) is 3.24. The molecule has 0 aromatic heterocycles. The van der Waals surface area contributed by atoms with Crippen LogP contribution in [0.2, 0.25) is 0 Å². The minimum atomic E-state index is -1.48. The molecule has 154 valence electrons. The third-order valence-electron chi connectivity index (χ3n) is 4.41. The van der Waals surface area contributed by atoms with Crippen molar-refractivity contribution >= 4 is 5.97 Å². The molecule has 1 aliphatic heterocycles. The number of carbonyl (C=O) groups is 1. The van der Waals surface area contributed by atoms with E-state index in [2.05, 4.69) is 18.8 Å². The molecule has 1 fully saturated rings. The highest BCUT2D eigenvalue weighted by atomic mass is 16.8. The SMILES string of the molecule is CCCCCCC#C[C@]1(C(=O)OC(C)(C)C)OC(C)(C)O[C@@H]1c1ccccc1. The average Bonchev–Trinajstić information content (AvgIpc) is 2.89. The van der Waals surface area contributed by atoms with Gasteiger partial charge in [0.1, 0.15) is 11.7 Å². The first-order valence-electron chi connectivity index (χ1n) is 10.3. The minimum absolute atomic E-state index is 0.500. The van der Waals surface area contributed by atoms with Crippen LogP contribution < -0.4 is 0 Å². The molecular formula is C24H34O4. The van der Waals surface area contributed by atoms with Gasteiger partial charge in [-0.25, -0.2) is 4.79 Å². The number of ether oxygens (including phenoxy) is 3. The maximum absolute atomic E-state index is 13.3. The van der Waals surface area contributed by atoms with Crippen LogP contribution in [-0.2, 0) is 19.0 Å². The van der Waals surface area contributed by atoms with Crippen molar-refractivity contribution in [2.75, 3.05) is 0 Å². The molecule has 1 aromatic rings. The molecular weight excluding hydrogens is 352 g/mol. The van der Waals surface area contributed by atoms with E-state index in [1.165, 1.54) is 12.8 Å². The summed E-state index contributed by atoms with van der Waals surface area (Å²) in [7, 11) is 0. The van der Waals surface area contributed by atoms with Crippen molar-refractivity contribution in [3.8, 4) is 11.8 Å². The van der Waals surface area contributed by atoms with Gasteiger partial charge in [0.15, 0.2) is 5.79 Å². The number of esters is 1. The Morgan fingerprint density at radius 1 is 1.14 bits per heavy atom. The quantitative estimate of drug-likeness (QED) is 0.364. The molecule has 0 radical (unpaired) electrons. The van der Waals surface area contributed by atoms with Gasteiger partial charge in [-0.3, -0.25) is 0 Å².